The van der Waals surface area contributed by atoms with Crippen LogP contribution in [0.25, 0.3) is 0 Å². The van der Waals surface area contributed by atoms with Crippen molar-refractivity contribution in [2.75, 3.05) is 21.3 Å². The molecular formula is C18H27NO5. The van der Waals surface area contributed by atoms with Crippen LogP contribution < -0.4 is 14.8 Å². The summed E-state index contributed by atoms with van der Waals surface area (Å²) in [6.45, 7) is 3.78. The first-order chi connectivity index (χ1) is 11.3. The van der Waals surface area contributed by atoms with Crippen molar-refractivity contribution in [3.05, 3.63) is 23.8 Å². The van der Waals surface area contributed by atoms with Gasteiger partial charge in [-0.3, -0.25) is 9.59 Å². The second-order valence-corrected chi connectivity index (χ2v) is 6.16. The van der Waals surface area contributed by atoms with Gasteiger partial charge in [-0.1, -0.05) is 12.1 Å². The van der Waals surface area contributed by atoms with Crippen molar-refractivity contribution >= 4 is 11.9 Å². The molecule has 1 N–H and O–H groups in total. The number of carbonyl (C=O) groups excluding carboxylic acids is 2. The van der Waals surface area contributed by atoms with Gasteiger partial charge in [0.2, 0.25) is 5.91 Å². The average Bonchev–Trinajstić information content (AvgIpc) is 2.56. The molecule has 0 unspecified atom stereocenters. The number of amides is 1. The van der Waals surface area contributed by atoms with Crippen LogP contribution in [-0.2, 0) is 20.7 Å². The van der Waals surface area contributed by atoms with Crippen LogP contribution in [0.3, 0.4) is 0 Å². The first kappa shape index (κ1) is 19.8. The summed E-state index contributed by atoms with van der Waals surface area (Å²) in [6, 6.07) is 5.60. The Morgan fingerprint density at radius 3 is 2.38 bits per heavy atom. The summed E-state index contributed by atoms with van der Waals surface area (Å²) < 4.78 is 15.3. The van der Waals surface area contributed by atoms with Gasteiger partial charge >= 0.3 is 5.97 Å². The standard InChI is InChI=1S/C18H27NO5/c1-18(2,12-11-16(21)23-4)19-15(20)10-9-13-7-6-8-14(22-3)17(13)24-5/h6-8H,9-12H2,1-5H3,(H,19,20). The summed E-state index contributed by atoms with van der Waals surface area (Å²) in [5, 5.41) is 2.95. The molecule has 0 radical (unpaired) electrons. The third kappa shape index (κ3) is 6.10. The lowest BCUT2D eigenvalue weighted by molar-refractivity contribution is -0.141. The number of benzene rings is 1. The molecule has 1 amide bonds. The molecule has 0 aliphatic carbocycles. The van der Waals surface area contributed by atoms with Crippen molar-refractivity contribution in [3.63, 3.8) is 0 Å². The second kappa shape index (κ2) is 9.15. The Hall–Kier alpha value is -2.24. The lowest BCUT2D eigenvalue weighted by atomic mass is 9.97. The fraction of sp³-hybridized carbons (Fsp3) is 0.556. The lowest BCUT2D eigenvalue weighted by Crippen LogP contribution is -2.43. The van der Waals surface area contributed by atoms with E-state index in [0.717, 1.165) is 5.56 Å². The molecule has 0 aromatic heterocycles. The summed E-state index contributed by atoms with van der Waals surface area (Å²) in [5.74, 6) is 0.944. The molecule has 134 valence electrons. The molecule has 0 spiro atoms. The second-order valence-electron chi connectivity index (χ2n) is 6.16. The number of carbonyl (C=O) groups is 2. The maximum absolute atomic E-state index is 12.2. The van der Waals surface area contributed by atoms with E-state index in [1.54, 1.807) is 14.2 Å². The van der Waals surface area contributed by atoms with E-state index >= 15 is 0 Å². The van der Waals surface area contributed by atoms with E-state index in [1.807, 2.05) is 32.0 Å². The highest BCUT2D eigenvalue weighted by atomic mass is 16.5. The van der Waals surface area contributed by atoms with Crippen molar-refractivity contribution in [2.45, 2.75) is 45.1 Å². The first-order valence-electron chi connectivity index (χ1n) is 7.90. The Kier molecular flexibility index (Phi) is 7.55. The average molecular weight is 337 g/mol. The molecule has 6 nitrogen and oxygen atoms in total. The van der Waals surface area contributed by atoms with E-state index in [-0.39, 0.29) is 18.3 Å². The third-order valence-corrected chi connectivity index (χ3v) is 3.77. The lowest BCUT2D eigenvalue weighted by Gasteiger charge is -2.26. The molecule has 0 aliphatic rings. The molecule has 0 saturated heterocycles. The van der Waals surface area contributed by atoms with Crippen LogP contribution in [0.1, 0.15) is 38.7 Å². The molecule has 1 aromatic rings. The summed E-state index contributed by atoms with van der Waals surface area (Å²) >= 11 is 0. The molecule has 0 aliphatic heterocycles. The minimum Gasteiger partial charge on any atom is -0.493 e. The Morgan fingerprint density at radius 2 is 1.79 bits per heavy atom. The van der Waals surface area contributed by atoms with Crippen molar-refractivity contribution in [1.82, 2.24) is 5.32 Å². The normalized spacial score (nSPS) is 10.9. The number of ether oxygens (including phenoxy) is 3. The minimum absolute atomic E-state index is 0.0743. The van der Waals surface area contributed by atoms with Gasteiger partial charge in [0.25, 0.3) is 0 Å². The number of aryl methyl sites for hydroxylation is 1. The number of methoxy groups -OCH3 is 3. The van der Waals surface area contributed by atoms with E-state index in [0.29, 0.717) is 30.8 Å². The molecule has 1 rings (SSSR count). The van der Waals surface area contributed by atoms with Crippen LogP contribution in [-0.4, -0.2) is 38.7 Å². The topological polar surface area (TPSA) is 73.9 Å². The molecule has 1 aromatic carbocycles. The van der Waals surface area contributed by atoms with Gasteiger partial charge in [-0.15, -0.1) is 0 Å². The van der Waals surface area contributed by atoms with Gasteiger partial charge in [0.15, 0.2) is 11.5 Å². The summed E-state index contributed by atoms with van der Waals surface area (Å²) in [4.78, 5) is 23.4. The molecule has 0 fully saturated rings. The molecule has 0 saturated carbocycles. The van der Waals surface area contributed by atoms with Gasteiger partial charge in [0, 0.05) is 18.4 Å². The quantitative estimate of drug-likeness (QED) is 0.701. The fourth-order valence-corrected chi connectivity index (χ4v) is 2.42. The monoisotopic (exact) mass is 337 g/mol. The molecular weight excluding hydrogens is 310 g/mol. The van der Waals surface area contributed by atoms with Crippen molar-refractivity contribution in [2.24, 2.45) is 0 Å². The van der Waals surface area contributed by atoms with Crippen molar-refractivity contribution in [3.8, 4) is 11.5 Å². The van der Waals surface area contributed by atoms with Gasteiger partial charge in [0.05, 0.1) is 21.3 Å². The largest absolute Gasteiger partial charge is 0.493 e. The first-order valence-corrected chi connectivity index (χ1v) is 7.90. The van der Waals surface area contributed by atoms with Gasteiger partial charge in [-0.2, -0.15) is 0 Å². The maximum Gasteiger partial charge on any atom is 0.305 e. The molecule has 0 heterocycles. The van der Waals surface area contributed by atoms with E-state index < -0.39 is 5.54 Å². The van der Waals surface area contributed by atoms with Crippen LogP contribution in [0.5, 0.6) is 11.5 Å². The summed E-state index contributed by atoms with van der Waals surface area (Å²) in [6.07, 6.45) is 1.66. The van der Waals surface area contributed by atoms with Crippen molar-refractivity contribution < 1.29 is 23.8 Å². The van der Waals surface area contributed by atoms with Gasteiger partial charge in [0.1, 0.15) is 0 Å². The highest BCUT2D eigenvalue weighted by Crippen LogP contribution is 2.31. The maximum atomic E-state index is 12.2. The highest BCUT2D eigenvalue weighted by molar-refractivity contribution is 5.77. The van der Waals surface area contributed by atoms with Crippen LogP contribution in [0, 0.1) is 0 Å². The Labute approximate surface area is 143 Å². The molecule has 6 heteroatoms. The fourth-order valence-electron chi connectivity index (χ4n) is 2.42. The number of para-hydroxylation sites is 1. The van der Waals surface area contributed by atoms with Gasteiger partial charge in [-0.05, 0) is 38.3 Å². The predicted octanol–water partition coefficient (Wildman–Crippen LogP) is 2.48. The zero-order valence-corrected chi connectivity index (χ0v) is 15.1. The van der Waals surface area contributed by atoms with Crippen LogP contribution in [0.4, 0.5) is 0 Å². The Morgan fingerprint density at radius 1 is 1.08 bits per heavy atom. The molecule has 24 heavy (non-hydrogen) atoms. The van der Waals surface area contributed by atoms with E-state index in [4.69, 9.17) is 9.47 Å². The Bertz CT molecular complexity index is 569. The van der Waals surface area contributed by atoms with E-state index in [2.05, 4.69) is 10.1 Å². The van der Waals surface area contributed by atoms with Crippen LogP contribution in [0.2, 0.25) is 0 Å². The smallest absolute Gasteiger partial charge is 0.305 e. The Balaban J connectivity index is 2.59. The van der Waals surface area contributed by atoms with E-state index in [1.165, 1.54) is 7.11 Å². The molecule has 0 bridgehead atoms. The van der Waals surface area contributed by atoms with Crippen LogP contribution >= 0.6 is 0 Å². The van der Waals surface area contributed by atoms with Gasteiger partial charge < -0.3 is 19.5 Å². The van der Waals surface area contributed by atoms with Crippen molar-refractivity contribution in [1.29, 1.82) is 0 Å². The zero-order chi connectivity index (χ0) is 18.2. The zero-order valence-electron chi connectivity index (χ0n) is 15.1. The summed E-state index contributed by atoms with van der Waals surface area (Å²) in [7, 11) is 4.52. The number of nitrogens with one attached hydrogen (secondary N) is 1. The number of hydrogen-bond donors (Lipinski definition) is 1. The predicted molar refractivity (Wildman–Crippen MR) is 91.3 cm³/mol. The highest BCUT2D eigenvalue weighted by Gasteiger charge is 2.22. The summed E-state index contributed by atoms with van der Waals surface area (Å²) in [5.41, 5.74) is 0.448. The SMILES string of the molecule is COC(=O)CCC(C)(C)NC(=O)CCc1cccc(OC)c1OC. The van der Waals surface area contributed by atoms with E-state index in [9.17, 15) is 9.59 Å². The molecule has 0 atom stereocenters. The van der Waals surface area contributed by atoms with Crippen LogP contribution in [0.15, 0.2) is 18.2 Å². The minimum atomic E-state index is -0.469. The number of rotatable bonds is 9. The number of esters is 1. The third-order valence-electron chi connectivity index (χ3n) is 3.77. The van der Waals surface area contributed by atoms with Gasteiger partial charge in [-0.25, -0.2) is 0 Å². The number of hydrogen-bond acceptors (Lipinski definition) is 5.